The van der Waals surface area contributed by atoms with Crippen LogP contribution in [0.2, 0.25) is 0 Å². The molecule has 108 valence electrons. The van der Waals surface area contributed by atoms with Gasteiger partial charge in [0, 0.05) is 12.1 Å². The maximum Gasteiger partial charge on any atom is 0.335 e. The highest BCUT2D eigenvalue weighted by molar-refractivity contribution is 7.98. The summed E-state index contributed by atoms with van der Waals surface area (Å²) >= 11 is 5.11. The Kier molecular flexibility index (Phi) is 4.36. The van der Waals surface area contributed by atoms with Gasteiger partial charge in [0.15, 0.2) is 10.9 Å². The molecule has 1 unspecified atom stereocenters. The molecule has 2 atom stereocenters. The number of rotatable bonds is 3. The predicted molar refractivity (Wildman–Crippen MR) is 81.6 cm³/mol. The Morgan fingerprint density at radius 1 is 1.45 bits per heavy atom. The van der Waals surface area contributed by atoms with E-state index in [-0.39, 0.29) is 23.1 Å². The lowest BCUT2D eigenvalue weighted by atomic mass is 10.2. The van der Waals surface area contributed by atoms with Gasteiger partial charge in [0.05, 0.1) is 11.6 Å². The molecule has 0 aromatic heterocycles. The van der Waals surface area contributed by atoms with E-state index < -0.39 is 16.2 Å². The zero-order valence-electron chi connectivity index (χ0n) is 10.5. The number of thiocarbonyl (C=S) groups is 1. The molecule has 0 radical (unpaired) electrons. The molecule has 1 heterocycles. The molecule has 0 amide bonds. The number of hydrogen-bond acceptors (Lipinski definition) is 3. The van der Waals surface area contributed by atoms with Gasteiger partial charge in [-0.3, -0.25) is 0 Å². The molecule has 2 rings (SSSR count). The molecule has 0 bridgehead atoms. The smallest absolute Gasteiger partial charge is 0.335 e. The summed E-state index contributed by atoms with van der Waals surface area (Å²) in [7, 11) is -2.71. The Morgan fingerprint density at radius 3 is 2.80 bits per heavy atom. The van der Waals surface area contributed by atoms with Crippen molar-refractivity contribution in [2.24, 2.45) is 0 Å². The van der Waals surface area contributed by atoms with Gasteiger partial charge in [0.2, 0.25) is 10.2 Å². The molecular weight excluding hydrogens is 300 g/mol. The van der Waals surface area contributed by atoms with Crippen LogP contribution in [-0.4, -0.2) is 38.3 Å². The number of carboxylic acid groups (broad SMARTS) is 1. The first-order valence-corrected chi connectivity index (χ1v) is 8.25. The number of carboxylic acids is 1. The number of nitrogens with one attached hydrogen (secondary N) is 2. The highest BCUT2D eigenvalue weighted by atomic mass is 32.3. The number of carbonyl (C=O) groups is 1. The Morgan fingerprint density at radius 2 is 2.20 bits per heavy atom. The fourth-order valence-electron chi connectivity index (χ4n) is 2.00. The van der Waals surface area contributed by atoms with Gasteiger partial charge in [0.25, 0.3) is 0 Å². The average molecular weight is 315 g/mol. The van der Waals surface area contributed by atoms with Gasteiger partial charge in [-0.25, -0.2) is 4.79 Å². The third kappa shape index (κ3) is 3.99. The number of anilines is 1. The monoisotopic (exact) mass is 315 g/mol. The summed E-state index contributed by atoms with van der Waals surface area (Å²) in [5.74, 6) is -0.547. The molecule has 4 N–H and O–H groups in total. The van der Waals surface area contributed by atoms with Crippen LogP contribution in [0.4, 0.5) is 5.69 Å². The topological polar surface area (TPSA) is 98.7 Å². The Labute approximate surface area is 122 Å². The van der Waals surface area contributed by atoms with E-state index in [2.05, 4.69) is 10.6 Å². The van der Waals surface area contributed by atoms with Gasteiger partial charge in [-0.2, -0.15) is 4.55 Å². The molecule has 1 aliphatic heterocycles. The number of aromatic carboxylic acids is 1. The second-order valence-electron chi connectivity index (χ2n) is 4.61. The highest BCUT2D eigenvalue weighted by Crippen LogP contribution is 2.17. The summed E-state index contributed by atoms with van der Waals surface area (Å²) in [5.41, 5.74) is 0.724. The molecule has 8 heteroatoms. The fraction of sp³-hybridized carbons (Fsp3) is 0.333. The average Bonchev–Trinajstić information content (AvgIpc) is 2.68. The van der Waals surface area contributed by atoms with Gasteiger partial charge in [-0.05, 0) is 30.4 Å². The first kappa shape index (κ1) is 14.9. The van der Waals surface area contributed by atoms with E-state index in [1.165, 1.54) is 12.1 Å². The van der Waals surface area contributed by atoms with Gasteiger partial charge < -0.3 is 15.7 Å². The molecule has 1 aromatic carbocycles. The van der Waals surface area contributed by atoms with Crippen LogP contribution in [0.3, 0.4) is 0 Å². The first-order chi connectivity index (χ1) is 9.35. The molecule has 0 aliphatic carbocycles. The minimum absolute atomic E-state index is 0.129. The Bertz CT molecular complexity index is 591. The molecule has 6 nitrogen and oxygen atoms in total. The van der Waals surface area contributed by atoms with Crippen LogP contribution >= 0.6 is 12.2 Å². The van der Waals surface area contributed by atoms with Gasteiger partial charge in [-0.1, -0.05) is 10.3 Å². The summed E-state index contributed by atoms with van der Waals surface area (Å²) in [6.07, 6.45) is 0.590. The molecular formula is C12H15N2O4S2+. The summed E-state index contributed by atoms with van der Waals surface area (Å²) < 4.78 is 20.9. The minimum Gasteiger partial charge on any atom is -0.478 e. The van der Waals surface area contributed by atoms with E-state index in [0.29, 0.717) is 17.2 Å². The Hall–Kier alpha value is -1.51. The highest BCUT2D eigenvalue weighted by Gasteiger charge is 2.38. The fourth-order valence-corrected chi connectivity index (χ4v) is 3.99. The molecule has 20 heavy (non-hydrogen) atoms. The minimum atomic E-state index is -2.71. The SMILES string of the molecule is O=C(O)c1cccc(NC(=S)N[C@H]2CC[S+](=O)(O)C2)c1. The van der Waals surface area contributed by atoms with E-state index in [0.717, 1.165) is 0 Å². The third-order valence-electron chi connectivity index (χ3n) is 2.95. The summed E-state index contributed by atoms with van der Waals surface area (Å²) in [6, 6.07) is 6.15. The summed E-state index contributed by atoms with van der Waals surface area (Å²) in [4.78, 5) is 10.9. The number of benzene rings is 1. The predicted octanol–water partition coefficient (Wildman–Crippen LogP) is 1.42. The van der Waals surface area contributed by atoms with E-state index in [4.69, 9.17) is 17.3 Å². The molecule has 1 saturated heterocycles. The van der Waals surface area contributed by atoms with E-state index in [1.807, 2.05) is 0 Å². The third-order valence-corrected chi connectivity index (χ3v) is 4.97. The second kappa shape index (κ2) is 5.86. The van der Waals surface area contributed by atoms with Crippen molar-refractivity contribution in [1.82, 2.24) is 5.32 Å². The van der Waals surface area contributed by atoms with E-state index in [9.17, 15) is 13.6 Å². The van der Waals surface area contributed by atoms with Crippen molar-refractivity contribution in [2.45, 2.75) is 12.5 Å². The normalized spacial score (nSPS) is 25.1. The largest absolute Gasteiger partial charge is 0.478 e. The van der Waals surface area contributed by atoms with Crippen molar-refractivity contribution in [1.29, 1.82) is 0 Å². The van der Waals surface area contributed by atoms with E-state index >= 15 is 0 Å². The van der Waals surface area contributed by atoms with Crippen molar-refractivity contribution >= 4 is 39.2 Å². The van der Waals surface area contributed by atoms with E-state index in [1.54, 1.807) is 12.1 Å². The maximum absolute atomic E-state index is 11.4. The van der Waals surface area contributed by atoms with Crippen molar-refractivity contribution in [3.63, 3.8) is 0 Å². The molecule has 1 aliphatic rings. The standard InChI is InChI=1S/C12H14N2O4S2/c15-11(16)8-2-1-3-9(6-8)13-12(19)14-10-4-5-20(17,18)7-10/h1-3,6,10H,4-5,7H2,(H3-,13,14,15,16,17,18,19)/p+1/t10-/m0/s1. The van der Waals surface area contributed by atoms with Crippen LogP contribution < -0.4 is 10.6 Å². The summed E-state index contributed by atoms with van der Waals surface area (Å²) in [6.45, 7) is 0. The molecule has 0 saturated carbocycles. The zero-order valence-corrected chi connectivity index (χ0v) is 12.2. The number of hydrogen-bond donors (Lipinski definition) is 4. The van der Waals surface area contributed by atoms with Crippen LogP contribution in [-0.2, 0) is 14.4 Å². The van der Waals surface area contributed by atoms with Crippen LogP contribution in [0.15, 0.2) is 24.3 Å². The first-order valence-electron chi connectivity index (χ1n) is 5.98. The zero-order chi connectivity index (χ0) is 14.8. The molecule has 0 spiro atoms. The van der Waals surface area contributed by atoms with Crippen LogP contribution in [0.1, 0.15) is 16.8 Å². The van der Waals surface area contributed by atoms with Crippen molar-refractivity contribution < 1.29 is 18.7 Å². The maximum atomic E-state index is 11.4. The second-order valence-corrected chi connectivity index (χ2v) is 7.31. The van der Waals surface area contributed by atoms with Crippen molar-refractivity contribution in [2.75, 3.05) is 16.8 Å². The van der Waals surface area contributed by atoms with Crippen molar-refractivity contribution in [3.05, 3.63) is 29.8 Å². The molecule has 1 fully saturated rings. The molecule has 1 aromatic rings. The van der Waals surface area contributed by atoms with Gasteiger partial charge in [-0.15, -0.1) is 0 Å². The lowest BCUT2D eigenvalue weighted by Crippen LogP contribution is -2.38. The van der Waals surface area contributed by atoms with Gasteiger partial charge >= 0.3 is 5.97 Å². The lowest BCUT2D eigenvalue weighted by molar-refractivity contribution is 0.0697. The van der Waals surface area contributed by atoms with Crippen LogP contribution in [0.25, 0.3) is 0 Å². The van der Waals surface area contributed by atoms with Crippen LogP contribution in [0, 0.1) is 0 Å². The summed E-state index contributed by atoms with van der Waals surface area (Å²) in [5, 5.41) is 15.0. The lowest BCUT2D eigenvalue weighted by Gasteiger charge is -2.13. The Balaban J connectivity index is 1.93. The van der Waals surface area contributed by atoms with Crippen molar-refractivity contribution in [3.8, 4) is 0 Å². The van der Waals surface area contributed by atoms with Gasteiger partial charge in [0.1, 0.15) is 5.75 Å². The van der Waals surface area contributed by atoms with Crippen LogP contribution in [0.5, 0.6) is 0 Å². The quantitative estimate of drug-likeness (QED) is 0.494.